The number of likely N-dealkylation sites (N-methyl/N-ethyl adjacent to an activating group) is 1. The molecule has 0 aromatic heterocycles. The molecule has 0 aliphatic rings. The number of amides is 1. The van der Waals surface area contributed by atoms with Crippen LogP contribution < -0.4 is 13.9 Å². The smallest absolute Gasteiger partial charge is 0.469 e. The predicted octanol–water partition coefficient (Wildman–Crippen LogP) is 4.33. The molecule has 0 radical (unpaired) electrons. The molecule has 1 amide bonds. The second-order valence-corrected chi connectivity index (χ2v) is 11.4. The SMILES string of the molecule is COc1ccc(S(=O)(=O)N(CCOP(=O)(O)O)c2ccccc2N(C)C(=O)/C=C/c2ccc(Cl)cc2)cc1. The highest BCUT2D eigenvalue weighted by atomic mass is 35.5. The van der Waals surface area contributed by atoms with E-state index in [2.05, 4.69) is 4.52 Å². The number of phosphoric acid groups is 1. The van der Waals surface area contributed by atoms with Crippen LogP contribution in [-0.2, 0) is 23.9 Å². The lowest BCUT2D eigenvalue weighted by Crippen LogP contribution is -2.36. The predicted molar refractivity (Wildman–Crippen MR) is 146 cm³/mol. The molecule has 38 heavy (non-hydrogen) atoms. The number of para-hydroxylation sites is 2. The summed E-state index contributed by atoms with van der Waals surface area (Å²) in [5.41, 5.74) is 1.09. The van der Waals surface area contributed by atoms with Gasteiger partial charge < -0.3 is 19.4 Å². The number of hydrogen-bond donors (Lipinski definition) is 2. The molecule has 0 heterocycles. The van der Waals surface area contributed by atoms with Crippen molar-refractivity contribution in [2.45, 2.75) is 4.90 Å². The Kier molecular flexibility index (Phi) is 9.72. The molecule has 3 rings (SSSR count). The summed E-state index contributed by atoms with van der Waals surface area (Å²) in [6.45, 7) is -1.05. The number of anilines is 2. The van der Waals surface area contributed by atoms with E-state index in [4.69, 9.17) is 26.1 Å². The highest BCUT2D eigenvalue weighted by Gasteiger charge is 2.29. The van der Waals surface area contributed by atoms with Crippen molar-refractivity contribution in [3.63, 3.8) is 0 Å². The Bertz CT molecular complexity index is 1440. The molecule has 202 valence electrons. The molecule has 0 aliphatic heterocycles. The van der Waals surface area contributed by atoms with Gasteiger partial charge in [-0.1, -0.05) is 35.9 Å². The van der Waals surface area contributed by atoms with Crippen LogP contribution in [0, 0.1) is 0 Å². The zero-order valence-electron chi connectivity index (χ0n) is 20.5. The molecule has 0 bridgehead atoms. The van der Waals surface area contributed by atoms with Gasteiger partial charge in [0.05, 0.1) is 36.5 Å². The Hall–Kier alpha value is -3.18. The molecule has 2 N–H and O–H groups in total. The van der Waals surface area contributed by atoms with Crippen LogP contribution in [0.2, 0.25) is 5.02 Å². The molecule has 0 atom stereocenters. The van der Waals surface area contributed by atoms with E-state index >= 15 is 0 Å². The minimum Gasteiger partial charge on any atom is -0.497 e. The van der Waals surface area contributed by atoms with Gasteiger partial charge in [0.1, 0.15) is 5.75 Å². The van der Waals surface area contributed by atoms with Crippen molar-refractivity contribution < 1.29 is 36.8 Å². The van der Waals surface area contributed by atoms with Gasteiger partial charge in [0.2, 0.25) is 0 Å². The van der Waals surface area contributed by atoms with Crippen LogP contribution in [0.15, 0.2) is 83.8 Å². The lowest BCUT2D eigenvalue weighted by atomic mass is 10.2. The molecular weight excluding hydrogens is 555 g/mol. The van der Waals surface area contributed by atoms with Gasteiger partial charge in [0, 0.05) is 18.1 Å². The molecule has 3 aromatic carbocycles. The summed E-state index contributed by atoms with van der Waals surface area (Å²) in [7, 11) is -6.19. The third-order valence-electron chi connectivity index (χ3n) is 5.33. The Labute approximate surface area is 226 Å². The Morgan fingerprint density at radius 3 is 2.18 bits per heavy atom. The van der Waals surface area contributed by atoms with Crippen molar-refractivity contribution in [2.24, 2.45) is 0 Å². The van der Waals surface area contributed by atoms with Crippen LogP contribution in [0.1, 0.15) is 5.56 Å². The second kappa shape index (κ2) is 12.6. The van der Waals surface area contributed by atoms with Crippen molar-refractivity contribution in [3.8, 4) is 5.75 Å². The van der Waals surface area contributed by atoms with Crippen molar-refractivity contribution in [2.75, 3.05) is 36.5 Å². The molecule has 0 fully saturated rings. The third kappa shape index (κ3) is 7.67. The summed E-state index contributed by atoms with van der Waals surface area (Å²) in [5.74, 6) is -0.000740. The Morgan fingerprint density at radius 1 is 1.00 bits per heavy atom. The minimum atomic E-state index is -4.86. The maximum Gasteiger partial charge on any atom is 0.469 e. The molecule has 0 saturated carbocycles. The largest absolute Gasteiger partial charge is 0.497 e. The summed E-state index contributed by atoms with van der Waals surface area (Å²) >= 11 is 5.90. The average molecular weight is 581 g/mol. The number of halogens is 1. The summed E-state index contributed by atoms with van der Waals surface area (Å²) < 4.78 is 49.2. The van der Waals surface area contributed by atoms with E-state index in [1.807, 2.05) is 0 Å². The molecule has 3 aromatic rings. The molecular formula is C25H26ClN2O8PS. The first-order chi connectivity index (χ1) is 17.9. The molecule has 0 unspecified atom stereocenters. The van der Waals surface area contributed by atoms with Crippen molar-refractivity contribution in [1.29, 1.82) is 0 Å². The lowest BCUT2D eigenvalue weighted by molar-refractivity contribution is -0.113. The zero-order chi connectivity index (χ0) is 27.9. The third-order valence-corrected chi connectivity index (χ3v) is 7.93. The highest BCUT2D eigenvalue weighted by Crippen LogP contribution is 2.37. The molecule has 10 nitrogen and oxygen atoms in total. The van der Waals surface area contributed by atoms with Crippen LogP contribution in [0.5, 0.6) is 5.75 Å². The van der Waals surface area contributed by atoms with Gasteiger partial charge in [-0.05, 0) is 60.2 Å². The maximum absolute atomic E-state index is 13.7. The van der Waals surface area contributed by atoms with Gasteiger partial charge in [-0.15, -0.1) is 0 Å². The zero-order valence-corrected chi connectivity index (χ0v) is 22.9. The number of sulfonamides is 1. The Balaban J connectivity index is 1.99. The monoisotopic (exact) mass is 580 g/mol. The van der Waals surface area contributed by atoms with Crippen molar-refractivity contribution in [1.82, 2.24) is 0 Å². The first kappa shape index (κ1) is 29.4. The number of phosphoric ester groups is 1. The second-order valence-electron chi connectivity index (χ2n) is 7.85. The van der Waals surface area contributed by atoms with Gasteiger partial charge in [0.15, 0.2) is 0 Å². The van der Waals surface area contributed by atoms with Gasteiger partial charge in [0.25, 0.3) is 15.9 Å². The van der Waals surface area contributed by atoms with E-state index in [9.17, 15) is 17.8 Å². The fourth-order valence-electron chi connectivity index (χ4n) is 3.42. The minimum absolute atomic E-state index is 0.0964. The van der Waals surface area contributed by atoms with E-state index in [0.29, 0.717) is 10.8 Å². The normalized spacial score (nSPS) is 11.9. The summed E-state index contributed by atoms with van der Waals surface area (Å²) in [5, 5.41) is 0.556. The number of ether oxygens (including phenoxy) is 1. The standard InChI is InChI=1S/C25H26ClN2O8PS/c1-27(25(29)16-9-19-7-10-20(26)11-8-19)23-5-3-4-6-24(23)28(17-18-36-37(30,31)32)38(33,34)22-14-12-21(35-2)13-15-22/h3-16H,17-18H2,1-2H3,(H2,30,31,32)/b16-9+. The van der Waals surface area contributed by atoms with Crippen LogP contribution in [-0.4, -0.2) is 51.4 Å². The quantitative estimate of drug-likeness (QED) is 0.253. The molecule has 0 aliphatic carbocycles. The maximum atomic E-state index is 13.7. The van der Waals surface area contributed by atoms with Gasteiger partial charge in [-0.25, -0.2) is 13.0 Å². The van der Waals surface area contributed by atoms with Gasteiger partial charge >= 0.3 is 7.82 Å². The van der Waals surface area contributed by atoms with E-state index in [-0.39, 0.29) is 16.3 Å². The summed E-state index contributed by atoms with van der Waals surface area (Å²) in [4.78, 5) is 32.4. The highest BCUT2D eigenvalue weighted by molar-refractivity contribution is 7.92. The van der Waals surface area contributed by atoms with Gasteiger partial charge in [-0.2, -0.15) is 0 Å². The molecule has 0 spiro atoms. The fraction of sp³-hybridized carbons (Fsp3) is 0.160. The van der Waals surface area contributed by atoms with E-state index < -0.39 is 36.9 Å². The molecule has 0 saturated heterocycles. The van der Waals surface area contributed by atoms with Crippen molar-refractivity contribution >= 4 is 52.8 Å². The van der Waals surface area contributed by atoms with E-state index in [1.165, 1.54) is 55.5 Å². The average Bonchev–Trinajstić information content (AvgIpc) is 2.89. The number of benzene rings is 3. The molecule has 13 heteroatoms. The van der Waals surface area contributed by atoms with Gasteiger partial charge in [-0.3, -0.25) is 13.6 Å². The fourth-order valence-corrected chi connectivity index (χ4v) is 5.33. The van der Waals surface area contributed by atoms with E-state index in [0.717, 1.165) is 9.87 Å². The van der Waals surface area contributed by atoms with E-state index in [1.54, 1.807) is 48.5 Å². The van der Waals surface area contributed by atoms with Crippen LogP contribution >= 0.6 is 19.4 Å². The number of carbonyl (C=O) groups is 1. The Morgan fingerprint density at radius 2 is 1.61 bits per heavy atom. The first-order valence-electron chi connectivity index (χ1n) is 11.1. The number of methoxy groups -OCH3 is 1. The number of nitrogens with zero attached hydrogens (tertiary/aromatic N) is 2. The van der Waals surface area contributed by atoms with Crippen LogP contribution in [0.4, 0.5) is 11.4 Å². The topological polar surface area (TPSA) is 134 Å². The first-order valence-corrected chi connectivity index (χ1v) is 14.4. The summed E-state index contributed by atoms with van der Waals surface area (Å²) in [6.07, 6.45) is 2.93. The lowest BCUT2D eigenvalue weighted by Gasteiger charge is -2.29. The summed E-state index contributed by atoms with van der Waals surface area (Å²) in [6, 6.07) is 18.8. The number of carbonyl (C=O) groups excluding carboxylic acids is 1. The van der Waals surface area contributed by atoms with Crippen LogP contribution in [0.25, 0.3) is 6.08 Å². The van der Waals surface area contributed by atoms with Crippen molar-refractivity contribution in [3.05, 3.63) is 89.5 Å². The number of rotatable bonds is 11. The number of hydrogen-bond acceptors (Lipinski definition) is 6. The van der Waals surface area contributed by atoms with Crippen LogP contribution in [0.3, 0.4) is 0 Å².